The average Bonchev–Trinajstić information content (AvgIpc) is 1.98. The summed E-state index contributed by atoms with van der Waals surface area (Å²) in [6.45, 7) is 0. The summed E-state index contributed by atoms with van der Waals surface area (Å²) in [6.07, 6.45) is 1.09. The molecule has 1 rings (SSSR count). The highest BCUT2D eigenvalue weighted by Crippen LogP contribution is 2.19. The number of benzene rings is 1. The van der Waals surface area contributed by atoms with Crippen LogP contribution in [-0.2, 0) is 6.42 Å². The molecule has 0 saturated heterocycles. The zero-order valence-corrected chi connectivity index (χ0v) is 10.6. The third-order valence-corrected chi connectivity index (χ3v) is 3.20. The predicted molar refractivity (Wildman–Crippen MR) is 61.1 cm³/mol. The minimum atomic E-state index is 1.02. The van der Waals surface area contributed by atoms with Gasteiger partial charge in [-0.3, -0.25) is 0 Å². The molecule has 1 aromatic rings. The second-order valence-corrected chi connectivity index (χ2v) is 4.81. The summed E-state index contributed by atoms with van der Waals surface area (Å²) in [6, 6.07) is 7.38. The largest absolute Gasteiger partial charge is 0.0597 e. The number of halogens is 2. The maximum atomic E-state index is 3.47. The summed E-state index contributed by atoms with van der Waals surface area (Å²) in [5.74, 6) is 0. The summed E-state index contributed by atoms with van der Waals surface area (Å²) in [4.78, 5) is 0. The van der Waals surface area contributed by atoms with E-state index in [-0.39, 0.29) is 0 Å². The van der Waals surface area contributed by atoms with Crippen molar-refractivity contribution in [3.8, 4) is 0 Å². The van der Waals surface area contributed by atoms with Crippen molar-refractivity contribution in [1.82, 2.24) is 0 Å². The van der Waals surface area contributed by atoms with Gasteiger partial charge < -0.3 is 0 Å². The molecule has 3 radical (unpaired) electrons. The highest BCUT2D eigenvalue weighted by molar-refractivity contribution is 14.1. The van der Waals surface area contributed by atoms with E-state index in [9.17, 15) is 0 Å². The summed E-state index contributed by atoms with van der Waals surface area (Å²) >= 11 is 5.81. The molecule has 0 nitrogen and oxygen atoms in total. The molecule has 0 N–H and O–H groups in total. The van der Waals surface area contributed by atoms with Gasteiger partial charge in [-0.1, -0.05) is 22.0 Å². The van der Waals surface area contributed by atoms with Crippen LogP contribution in [0.25, 0.3) is 0 Å². The minimum absolute atomic E-state index is 1.02. The lowest BCUT2D eigenvalue weighted by Crippen LogP contribution is -1.88. The van der Waals surface area contributed by atoms with Crippen molar-refractivity contribution in [2.75, 3.05) is 0 Å². The Morgan fingerprint density at radius 1 is 1.45 bits per heavy atom. The van der Waals surface area contributed by atoms with Crippen molar-refractivity contribution in [2.24, 2.45) is 0 Å². The van der Waals surface area contributed by atoms with E-state index in [1.807, 2.05) is 0 Å². The molecule has 3 heteroatoms. The first-order valence-corrected chi connectivity index (χ1v) is 5.90. The van der Waals surface area contributed by atoms with E-state index < -0.39 is 0 Å². The smallest absolute Gasteiger partial charge is 0.0225 e. The first-order valence-electron chi connectivity index (χ1n) is 3.32. The molecule has 0 atom stereocenters. The zero-order valence-electron chi connectivity index (χ0n) is 5.90. The average molecular weight is 338 g/mol. The molecule has 0 fully saturated rings. The van der Waals surface area contributed by atoms with Crippen molar-refractivity contribution in [1.29, 1.82) is 0 Å². The molecule has 0 aromatic heterocycles. The summed E-state index contributed by atoms with van der Waals surface area (Å²) < 4.78 is 2.50. The Bertz CT molecular complexity index is 250. The van der Waals surface area contributed by atoms with E-state index in [2.05, 4.69) is 67.0 Å². The number of aryl methyl sites for hydroxylation is 1. The van der Waals surface area contributed by atoms with Crippen LogP contribution in [0.2, 0.25) is 6.04 Å². The van der Waals surface area contributed by atoms with Crippen LogP contribution in [0.5, 0.6) is 0 Å². The van der Waals surface area contributed by atoms with E-state index in [0.717, 1.165) is 16.9 Å². The Balaban J connectivity index is 2.93. The first kappa shape index (κ1) is 9.73. The van der Waals surface area contributed by atoms with Gasteiger partial charge in [-0.15, -0.1) is 0 Å². The van der Waals surface area contributed by atoms with Gasteiger partial charge >= 0.3 is 0 Å². The lowest BCUT2D eigenvalue weighted by molar-refractivity contribution is 1.12. The van der Waals surface area contributed by atoms with Crippen LogP contribution in [0.15, 0.2) is 22.7 Å². The fraction of sp³-hybridized carbons (Fsp3) is 0.250. The molecule has 0 aliphatic rings. The fourth-order valence-electron chi connectivity index (χ4n) is 0.870. The molecule has 11 heavy (non-hydrogen) atoms. The van der Waals surface area contributed by atoms with Gasteiger partial charge in [0, 0.05) is 18.3 Å². The van der Waals surface area contributed by atoms with Crippen LogP contribution in [0.1, 0.15) is 5.56 Å². The summed E-state index contributed by atoms with van der Waals surface area (Å²) in [5.41, 5.74) is 1.40. The van der Waals surface area contributed by atoms with Gasteiger partial charge in [0.2, 0.25) is 0 Å². The normalized spacial score (nSPS) is 10.1. The number of rotatable bonds is 2. The van der Waals surface area contributed by atoms with Crippen molar-refractivity contribution in [2.45, 2.75) is 12.5 Å². The maximum absolute atomic E-state index is 3.47. The monoisotopic (exact) mass is 337 g/mol. The second kappa shape index (κ2) is 4.62. The van der Waals surface area contributed by atoms with Crippen LogP contribution >= 0.6 is 38.5 Å². The lowest BCUT2D eigenvalue weighted by Gasteiger charge is -2.02. The highest BCUT2D eigenvalue weighted by Gasteiger charge is 1.97. The van der Waals surface area contributed by atoms with E-state index >= 15 is 0 Å². The summed E-state index contributed by atoms with van der Waals surface area (Å²) in [7, 11) is 3.47. The van der Waals surface area contributed by atoms with E-state index in [1.165, 1.54) is 9.13 Å². The van der Waals surface area contributed by atoms with Crippen LogP contribution in [0.3, 0.4) is 0 Å². The molecule has 0 spiro atoms. The first-order chi connectivity index (χ1) is 5.24. The van der Waals surface area contributed by atoms with Gasteiger partial charge in [-0.2, -0.15) is 0 Å². The van der Waals surface area contributed by atoms with Crippen molar-refractivity contribution in [3.05, 3.63) is 31.8 Å². The van der Waals surface area contributed by atoms with E-state index in [4.69, 9.17) is 0 Å². The van der Waals surface area contributed by atoms with Crippen molar-refractivity contribution >= 4 is 48.8 Å². The van der Waals surface area contributed by atoms with Crippen molar-refractivity contribution in [3.63, 3.8) is 0 Å². The Hall–Kier alpha value is 0.647. The molecular formula is C8H7BrISi. The van der Waals surface area contributed by atoms with Crippen LogP contribution in [0.4, 0.5) is 0 Å². The van der Waals surface area contributed by atoms with E-state index in [0.29, 0.717) is 0 Å². The van der Waals surface area contributed by atoms with E-state index in [1.54, 1.807) is 0 Å². The minimum Gasteiger partial charge on any atom is -0.0597 e. The van der Waals surface area contributed by atoms with Crippen molar-refractivity contribution < 1.29 is 0 Å². The molecule has 0 saturated carbocycles. The van der Waals surface area contributed by atoms with Gasteiger partial charge in [0.15, 0.2) is 0 Å². The van der Waals surface area contributed by atoms with Gasteiger partial charge in [0.1, 0.15) is 0 Å². The van der Waals surface area contributed by atoms with Crippen LogP contribution in [0, 0.1) is 3.57 Å². The van der Waals surface area contributed by atoms with Gasteiger partial charge in [-0.25, -0.2) is 0 Å². The molecule has 0 unspecified atom stereocenters. The fourth-order valence-corrected chi connectivity index (χ4v) is 2.15. The quantitative estimate of drug-likeness (QED) is 0.574. The predicted octanol–water partition coefficient (Wildman–Crippen LogP) is 3.18. The molecular weight excluding hydrogens is 331 g/mol. The van der Waals surface area contributed by atoms with Crippen LogP contribution < -0.4 is 0 Å². The third-order valence-electron chi connectivity index (χ3n) is 1.40. The Labute approximate surface area is 92.5 Å². The van der Waals surface area contributed by atoms with Gasteiger partial charge in [0.25, 0.3) is 0 Å². The highest BCUT2D eigenvalue weighted by atomic mass is 127. The summed E-state index contributed by atoms with van der Waals surface area (Å²) in [5, 5.41) is 0. The number of hydrogen-bond acceptors (Lipinski definition) is 0. The molecule has 0 amide bonds. The molecule has 0 aliphatic carbocycles. The maximum Gasteiger partial charge on any atom is 0.0225 e. The second-order valence-electron chi connectivity index (χ2n) is 2.24. The third kappa shape index (κ3) is 2.87. The van der Waals surface area contributed by atoms with Gasteiger partial charge in [0.05, 0.1) is 0 Å². The topological polar surface area (TPSA) is 0 Å². The molecule has 0 bridgehead atoms. The molecule has 0 aliphatic heterocycles. The van der Waals surface area contributed by atoms with Crippen LogP contribution in [-0.4, -0.2) is 10.2 Å². The molecule has 57 valence electrons. The Morgan fingerprint density at radius 2 is 2.18 bits per heavy atom. The SMILES string of the molecule is [Si]CCc1cc(Br)ccc1I. The Morgan fingerprint density at radius 3 is 2.82 bits per heavy atom. The lowest BCUT2D eigenvalue weighted by atomic mass is 10.2. The molecule has 0 heterocycles. The van der Waals surface area contributed by atoms with Gasteiger partial charge in [-0.05, 0) is 52.8 Å². The standard InChI is InChI=1S/C8H7BrISi/c9-7-1-2-8(10)6(5-7)3-4-11/h1-2,5H,3-4H2. The Kier molecular flexibility index (Phi) is 4.09. The molecule has 1 aromatic carbocycles. The zero-order chi connectivity index (χ0) is 8.27. The number of hydrogen-bond donors (Lipinski definition) is 0.